The molecule has 0 radical (unpaired) electrons. The van der Waals surface area contributed by atoms with Crippen molar-refractivity contribution >= 4 is 0 Å². The van der Waals surface area contributed by atoms with Gasteiger partial charge in [0.1, 0.15) is 23.9 Å². The van der Waals surface area contributed by atoms with Gasteiger partial charge in [0.2, 0.25) is 0 Å². The molecular formula is C22H26N2O2. The van der Waals surface area contributed by atoms with E-state index in [4.69, 9.17) is 9.15 Å². The molecule has 0 aliphatic carbocycles. The quantitative estimate of drug-likeness (QED) is 0.628. The Morgan fingerprint density at radius 2 is 1.65 bits per heavy atom. The zero-order valence-electron chi connectivity index (χ0n) is 15.4. The molecule has 26 heavy (non-hydrogen) atoms. The van der Waals surface area contributed by atoms with Crippen LogP contribution in [-0.2, 0) is 13.1 Å². The number of furan rings is 1. The van der Waals surface area contributed by atoms with Gasteiger partial charge in [-0.2, -0.15) is 0 Å². The molecule has 4 nitrogen and oxygen atoms in total. The topological polar surface area (TPSA) is 37.6 Å². The van der Waals surface area contributed by atoms with Crippen LogP contribution < -0.4 is 10.1 Å². The molecule has 0 spiro atoms. The van der Waals surface area contributed by atoms with Crippen LogP contribution in [0.4, 0.5) is 0 Å². The number of nitrogens with zero attached hydrogens (tertiary/aromatic N) is 1. The van der Waals surface area contributed by atoms with E-state index in [2.05, 4.69) is 34.5 Å². The summed E-state index contributed by atoms with van der Waals surface area (Å²) in [7, 11) is 4.08. The van der Waals surface area contributed by atoms with Crippen LogP contribution in [-0.4, -0.2) is 32.1 Å². The number of benzene rings is 2. The molecule has 0 amide bonds. The molecule has 0 aliphatic heterocycles. The largest absolute Gasteiger partial charge is 0.492 e. The van der Waals surface area contributed by atoms with E-state index >= 15 is 0 Å². The van der Waals surface area contributed by atoms with E-state index in [1.54, 1.807) is 0 Å². The molecule has 1 N–H and O–H groups in total. The molecule has 0 bridgehead atoms. The first-order valence-corrected chi connectivity index (χ1v) is 8.92. The van der Waals surface area contributed by atoms with Crippen LogP contribution >= 0.6 is 0 Å². The van der Waals surface area contributed by atoms with Crippen molar-refractivity contribution in [2.24, 2.45) is 0 Å². The predicted molar refractivity (Wildman–Crippen MR) is 105 cm³/mol. The van der Waals surface area contributed by atoms with Crippen LogP contribution in [0.3, 0.4) is 0 Å². The van der Waals surface area contributed by atoms with Crippen LogP contribution in [0.1, 0.15) is 11.3 Å². The molecule has 0 saturated carbocycles. The molecule has 0 saturated heterocycles. The van der Waals surface area contributed by atoms with E-state index in [1.807, 2.05) is 56.6 Å². The van der Waals surface area contributed by atoms with Gasteiger partial charge in [0.15, 0.2) is 0 Å². The minimum absolute atomic E-state index is 0.701. The average molecular weight is 350 g/mol. The molecule has 0 fully saturated rings. The summed E-state index contributed by atoms with van der Waals surface area (Å²) in [5, 5.41) is 3.42. The highest BCUT2D eigenvalue weighted by Gasteiger charge is 2.04. The normalized spacial score (nSPS) is 11.0. The van der Waals surface area contributed by atoms with Crippen molar-refractivity contribution in [1.82, 2.24) is 10.2 Å². The van der Waals surface area contributed by atoms with E-state index in [1.165, 1.54) is 5.56 Å². The fourth-order valence-corrected chi connectivity index (χ4v) is 2.61. The van der Waals surface area contributed by atoms with Gasteiger partial charge in [-0.3, -0.25) is 0 Å². The van der Waals surface area contributed by atoms with Crippen molar-refractivity contribution in [1.29, 1.82) is 0 Å². The third-order valence-corrected chi connectivity index (χ3v) is 4.08. The first-order chi connectivity index (χ1) is 12.7. The minimum Gasteiger partial charge on any atom is -0.492 e. The van der Waals surface area contributed by atoms with Gasteiger partial charge in [0.05, 0.1) is 6.54 Å². The van der Waals surface area contributed by atoms with Gasteiger partial charge in [-0.1, -0.05) is 42.5 Å². The van der Waals surface area contributed by atoms with Crippen molar-refractivity contribution in [3.05, 3.63) is 78.1 Å². The van der Waals surface area contributed by atoms with Gasteiger partial charge in [0, 0.05) is 18.7 Å². The molecule has 1 aromatic heterocycles. The van der Waals surface area contributed by atoms with Crippen molar-refractivity contribution < 1.29 is 9.15 Å². The standard InChI is InChI=1S/C22H26N2O2/c1-24(2)14-15-25-20-10-8-18(9-11-20)16-23-17-21-12-13-22(26-21)19-6-4-3-5-7-19/h3-13,23H,14-17H2,1-2H3. The third-order valence-electron chi connectivity index (χ3n) is 4.08. The molecular weight excluding hydrogens is 324 g/mol. The van der Waals surface area contributed by atoms with Crippen molar-refractivity contribution in [2.75, 3.05) is 27.2 Å². The van der Waals surface area contributed by atoms with Crippen LogP contribution in [0.2, 0.25) is 0 Å². The Labute approximate surface area is 155 Å². The first kappa shape index (κ1) is 18.2. The Morgan fingerprint density at radius 1 is 0.885 bits per heavy atom. The zero-order valence-corrected chi connectivity index (χ0v) is 15.4. The molecule has 4 heteroatoms. The van der Waals surface area contributed by atoms with E-state index in [0.29, 0.717) is 13.2 Å². The second-order valence-electron chi connectivity index (χ2n) is 6.53. The van der Waals surface area contributed by atoms with Crippen LogP contribution in [0.15, 0.2) is 71.1 Å². The second kappa shape index (κ2) is 9.22. The van der Waals surface area contributed by atoms with Gasteiger partial charge in [-0.15, -0.1) is 0 Å². The lowest BCUT2D eigenvalue weighted by Crippen LogP contribution is -2.19. The van der Waals surface area contributed by atoms with E-state index in [-0.39, 0.29) is 0 Å². The number of hydrogen-bond donors (Lipinski definition) is 1. The van der Waals surface area contributed by atoms with Crippen molar-refractivity contribution in [2.45, 2.75) is 13.1 Å². The van der Waals surface area contributed by atoms with Gasteiger partial charge in [-0.05, 0) is 43.9 Å². The fraction of sp³-hybridized carbons (Fsp3) is 0.273. The van der Waals surface area contributed by atoms with Crippen LogP contribution in [0.5, 0.6) is 5.75 Å². The van der Waals surface area contributed by atoms with Gasteiger partial charge < -0.3 is 19.4 Å². The highest BCUT2D eigenvalue weighted by atomic mass is 16.5. The molecule has 3 rings (SSSR count). The first-order valence-electron chi connectivity index (χ1n) is 8.92. The Bertz CT molecular complexity index is 779. The smallest absolute Gasteiger partial charge is 0.134 e. The maximum atomic E-state index is 5.90. The number of hydrogen-bond acceptors (Lipinski definition) is 4. The van der Waals surface area contributed by atoms with E-state index in [9.17, 15) is 0 Å². The third kappa shape index (κ3) is 5.48. The lowest BCUT2D eigenvalue weighted by molar-refractivity contribution is 0.261. The summed E-state index contributed by atoms with van der Waals surface area (Å²) in [4.78, 5) is 2.11. The predicted octanol–water partition coefficient (Wildman–Crippen LogP) is 4.18. The number of ether oxygens (including phenoxy) is 1. The fourth-order valence-electron chi connectivity index (χ4n) is 2.61. The maximum Gasteiger partial charge on any atom is 0.134 e. The molecule has 1 heterocycles. The zero-order chi connectivity index (χ0) is 18.2. The molecule has 0 aliphatic rings. The van der Waals surface area contributed by atoms with Gasteiger partial charge in [0.25, 0.3) is 0 Å². The Balaban J connectivity index is 1.44. The number of rotatable bonds is 9. The summed E-state index contributed by atoms with van der Waals surface area (Å²) < 4.78 is 11.6. The maximum absolute atomic E-state index is 5.90. The Morgan fingerprint density at radius 3 is 2.38 bits per heavy atom. The minimum atomic E-state index is 0.701. The lowest BCUT2D eigenvalue weighted by Gasteiger charge is -2.11. The highest BCUT2D eigenvalue weighted by molar-refractivity contribution is 5.57. The molecule has 136 valence electrons. The van der Waals surface area contributed by atoms with E-state index in [0.717, 1.165) is 35.9 Å². The van der Waals surface area contributed by atoms with Crippen molar-refractivity contribution in [3.8, 4) is 17.1 Å². The molecule has 2 aromatic carbocycles. The molecule has 0 atom stereocenters. The molecule has 0 unspecified atom stereocenters. The SMILES string of the molecule is CN(C)CCOc1ccc(CNCc2ccc(-c3ccccc3)o2)cc1. The Kier molecular flexibility index (Phi) is 6.47. The molecule has 3 aromatic rings. The monoisotopic (exact) mass is 350 g/mol. The van der Waals surface area contributed by atoms with Crippen LogP contribution in [0.25, 0.3) is 11.3 Å². The van der Waals surface area contributed by atoms with Crippen LogP contribution in [0, 0.1) is 0 Å². The summed E-state index contributed by atoms with van der Waals surface area (Å²) in [6.07, 6.45) is 0. The van der Waals surface area contributed by atoms with E-state index < -0.39 is 0 Å². The summed E-state index contributed by atoms with van der Waals surface area (Å²) in [5.74, 6) is 2.75. The summed E-state index contributed by atoms with van der Waals surface area (Å²) in [6.45, 7) is 3.11. The van der Waals surface area contributed by atoms with Gasteiger partial charge in [-0.25, -0.2) is 0 Å². The summed E-state index contributed by atoms with van der Waals surface area (Å²) in [6, 6.07) is 22.4. The summed E-state index contributed by atoms with van der Waals surface area (Å²) in [5.41, 5.74) is 2.32. The number of likely N-dealkylation sites (N-methyl/N-ethyl adjacent to an activating group) is 1. The lowest BCUT2D eigenvalue weighted by atomic mass is 10.2. The van der Waals surface area contributed by atoms with Gasteiger partial charge >= 0.3 is 0 Å². The highest BCUT2D eigenvalue weighted by Crippen LogP contribution is 2.21. The Hall–Kier alpha value is -2.56. The number of nitrogens with one attached hydrogen (secondary N) is 1. The van der Waals surface area contributed by atoms with Crippen molar-refractivity contribution in [3.63, 3.8) is 0 Å². The second-order valence-corrected chi connectivity index (χ2v) is 6.53. The summed E-state index contributed by atoms with van der Waals surface area (Å²) >= 11 is 0. The average Bonchev–Trinajstić information content (AvgIpc) is 3.12.